The van der Waals surface area contributed by atoms with Crippen LogP contribution in [0.4, 0.5) is 5.82 Å². The van der Waals surface area contributed by atoms with Crippen molar-refractivity contribution in [2.75, 3.05) is 18.9 Å². The first-order chi connectivity index (χ1) is 18.5. The number of nitrogen functional groups attached to an aromatic ring is 1. The van der Waals surface area contributed by atoms with E-state index in [9.17, 15) is 13.9 Å². The SMILES string of the molecule is NC(=O)c1cc([C@@H]2C[C@@H]3COP(=O)(S)O[C@@H]4C[C@@H](COP(=O)(S)O[C@H]32)O[C@H]4n2cnc3c(N)ncnc32)[nH]n1. The Morgan fingerprint density at radius 3 is 2.64 bits per heavy atom. The Bertz CT molecular complexity index is 1520. The quantitative estimate of drug-likeness (QED) is 0.210. The van der Waals surface area contributed by atoms with Crippen molar-refractivity contribution in [3.05, 3.63) is 30.1 Å². The lowest BCUT2D eigenvalue weighted by molar-refractivity contribution is -0.0551. The van der Waals surface area contributed by atoms with E-state index in [1.807, 2.05) is 0 Å². The molecule has 16 nitrogen and oxygen atoms in total. The average molecular weight is 619 g/mol. The molecule has 3 aliphatic rings. The third-order valence-corrected chi connectivity index (χ3v) is 10.1. The van der Waals surface area contributed by atoms with Gasteiger partial charge in [-0.1, -0.05) is 24.5 Å². The average Bonchev–Trinajstić information content (AvgIpc) is 3.59. The van der Waals surface area contributed by atoms with E-state index in [1.54, 1.807) is 4.57 Å². The number of thiol groups is 2. The van der Waals surface area contributed by atoms with Crippen LogP contribution in [0.15, 0.2) is 18.7 Å². The van der Waals surface area contributed by atoms with Gasteiger partial charge in [-0.05, 0) is 12.5 Å². The highest BCUT2D eigenvalue weighted by atomic mass is 32.7. The molecule has 1 amide bonds. The van der Waals surface area contributed by atoms with Gasteiger partial charge in [0.1, 0.15) is 23.6 Å². The Balaban J connectivity index is 1.25. The monoisotopic (exact) mass is 618 g/mol. The molecule has 8 atom stereocenters. The zero-order chi connectivity index (χ0) is 27.5. The summed E-state index contributed by atoms with van der Waals surface area (Å²) >= 11 is 8.36. The molecule has 2 unspecified atom stereocenters. The van der Waals surface area contributed by atoms with E-state index in [0.29, 0.717) is 23.3 Å². The van der Waals surface area contributed by atoms with Crippen molar-refractivity contribution in [3.8, 4) is 0 Å². The number of carbonyl (C=O) groups excluding carboxylic acids is 1. The van der Waals surface area contributed by atoms with E-state index in [4.69, 9.17) is 34.3 Å². The summed E-state index contributed by atoms with van der Waals surface area (Å²) < 4.78 is 57.1. The second-order valence-corrected chi connectivity index (χ2v) is 15.1. The molecule has 0 aromatic carbocycles. The minimum Gasteiger partial charge on any atom is -0.382 e. The Hall–Kier alpha value is -2.01. The zero-order valence-corrected chi connectivity index (χ0v) is 23.5. The van der Waals surface area contributed by atoms with Gasteiger partial charge < -0.3 is 20.7 Å². The molecular weight excluding hydrogens is 594 g/mol. The fraction of sp³-hybridized carbons (Fsp3) is 0.526. The highest BCUT2D eigenvalue weighted by molar-refractivity contribution is 8.44. The van der Waals surface area contributed by atoms with Crippen molar-refractivity contribution in [2.45, 2.75) is 43.3 Å². The van der Waals surface area contributed by atoms with E-state index in [2.05, 4.69) is 49.6 Å². The first-order valence-electron chi connectivity index (χ1n) is 11.7. The van der Waals surface area contributed by atoms with Crippen molar-refractivity contribution in [2.24, 2.45) is 11.7 Å². The first kappa shape index (κ1) is 27.2. The summed E-state index contributed by atoms with van der Waals surface area (Å²) in [5.41, 5.74) is 12.5. The number of hydrogen-bond acceptors (Lipinski definition) is 13. The van der Waals surface area contributed by atoms with Gasteiger partial charge in [-0.3, -0.25) is 28.0 Å². The number of nitrogens with two attached hydrogens (primary N) is 2. The normalized spacial score (nSPS) is 37.3. The first-order valence-corrected chi connectivity index (χ1v) is 17.1. The number of nitrogens with one attached hydrogen (secondary N) is 1. The van der Waals surface area contributed by atoms with Crippen LogP contribution in [0.5, 0.6) is 0 Å². The summed E-state index contributed by atoms with van der Waals surface area (Å²) in [7, 11) is 0. The number of rotatable bonds is 3. The summed E-state index contributed by atoms with van der Waals surface area (Å²) in [5.74, 6) is -1.24. The molecule has 1 saturated carbocycles. The number of nitrogens with zero attached hydrogens (tertiary/aromatic N) is 5. The maximum Gasteiger partial charge on any atom is 0.386 e. The highest BCUT2D eigenvalue weighted by Crippen LogP contribution is 2.62. The van der Waals surface area contributed by atoms with Crippen molar-refractivity contribution in [1.29, 1.82) is 0 Å². The summed E-state index contributed by atoms with van der Waals surface area (Å²) in [4.78, 5) is 23.9. The largest absolute Gasteiger partial charge is 0.386 e. The number of amides is 1. The summed E-state index contributed by atoms with van der Waals surface area (Å²) in [5, 5.41) is 6.64. The standard InChI is InChI=1S/C19H24N8O8P2S2/c20-16-14-18(23-6-22-16)27(7-24-14)19-13-2-9(33-19)5-32-37(30,39)35-15-8(4-31-36(29,38)34-13)1-10(15)11-3-12(17(21)28)26-25-11/h3,6-10,13,15,19H,1-2,4-5H2,(H2,21,28)(H,25,26)(H,29,38)(H,30,39)(H2,20,22,23)/t8-,9+,10+,13-,15-,19-,36?,37?/m1/s1. The Labute approximate surface area is 231 Å². The van der Waals surface area contributed by atoms with Crippen molar-refractivity contribution >= 4 is 61.0 Å². The van der Waals surface area contributed by atoms with Crippen LogP contribution in [0.3, 0.4) is 0 Å². The molecule has 2 aliphatic heterocycles. The summed E-state index contributed by atoms with van der Waals surface area (Å²) in [6.07, 6.45) is 0.334. The van der Waals surface area contributed by atoms with Crippen molar-refractivity contribution < 1.29 is 36.8 Å². The number of aromatic nitrogens is 6. The molecule has 1 aliphatic carbocycles. The van der Waals surface area contributed by atoms with Crippen LogP contribution in [0.25, 0.3) is 11.2 Å². The molecule has 5 heterocycles. The number of ether oxygens (including phenoxy) is 1. The van der Waals surface area contributed by atoms with Gasteiger partial charge in [-0.15, -0.1) is 0 Å². The molecule has 210 valence electrons. The van der Waals surface area contributed by atoms with Crippen LogP contribution in [0.2, 0.25) is 0 Å². The molecule has 5 N–H and O–H groups in total. The number of carbonyl (C=O) groups is 1. The lowest BCUT2D eigenvalue weighted by atomic mass is 9.70. The van der Waals surface area contributed by atoms with Crippen LogP contribution < -0.4 is 11.5 Å². The predicted molar refractivity (Wildman–Crippen MR) is 141 cm³/mol. The van der Waals surface area contributed by atoms with Crippen molar-refractivity contribution in [3.63, 3.8) is 0 Å². The van der Waals surface area contributed by atoms with E-state index >= 15 is 0 Å². The molecule has 0 spiro atoms. The van der Waals surface area contributed by atoms with E-state index < -0.39 is 44.0 Å². The number of H-pyrrole nitrogens is 1. The van der Waals surface area contributed by atoms with Gasteiger partial charge in [0.05, 0.1) is 31.7 Å². The second-order valence-electron chi connectivity index (χ2n) is 9.38. The number of primary amides is 1. The van der Waals surface area contributed by atoms with Crippen LogP contribution in [0.1, 0.15) is 41.2 Å². The van der Waals surface area contributed by atoms with Gasteiger partial charge in [0.15, 0.2) is 17.7 Å². The van der Waals surface area contributed by atoms with Gasteiger partial charge >= 0.3 is 13.6 Å². The van der Waals surface area contributed by atoms with Crippen LogP contribution in [-0.2, 0) is 32.0 Å². The van der Waals surface area contributed by atoms with Crippen LogP contribution in [0, 0.1) is 5.92 Å². The molecule has 3 aromatic heterocycles. The number of imidazole rings is 1. The number of fused-ring (bicyclic) bond motifs is 4. The summed E-state index contributed by atoms with van der Waals surface area (Å²) in [6.45, 7) is -8.08. The Morgan fingerprint density at radius 2 is 1.87 bits per heavy atom. The zero-order valence-electron chi connectivity index (χ0n) is 20.0. The number of hydrogen-bond donors (Lipinski definition) is 5. The maximum absolute atomic E-state index is 13.3. The summed E-state index contributed by atoms with van der Waals surface area (Å²) in [6, 6.07) is 1.50. The third kappa shape index (κ3) is 5.37. The molecule has 6 rings (SSSR count). The van der Waals surface area contributed by atoms with Crippen LogP contribution in [-0.4, -0.2) is 67.1 Å². The lowest BCUT2D eigenvalue weighted by Crippen LogP contribution is -2.44. The third-order valence-electron chi connectivity index (χ3n) is 6.87. The Kier molecular flexibility index (Phi) is 7.05. The second kappa shape index (κ2) is 10.1. The molecule has 20 heteroatoms. The topological polar surface area (TPSA) is 222 Å². The molecular formula is C19H24N8O8P2S2. The molecule has 3 aromatic rings. The fourth-order valence-corrected chi connectivity index (χ4v) is 8.08. The maximum atomic E-state index is 13.3. The van der Waals surface area contributed by atoms with Gasteiger partial charge in [-0.25, -0.2) is 24.1 Å². The molecule has 2 bridgehead atoms. The van der Waals surface area contributed by atoms with Gasteiger partial charge in [0, 0.05) is 24.0 Å². The predicted octanol–water partition coefficient (Wildman–Crippen LogP) is 2.21. The molecule has 39 heavy (non-hydrogen) atoms. The van der Waals surface area contributed by atoms with Gasteiger partial charge in [0.25, 0.3) is 5.91 Å². The Morgan fingerprint density at radius 1 is 1.10 bits per heavy atom. The molecule has 3 fully saturated rings. The number of aromatic amines is 1. The molecule has 0 radical (unpaired) electrons. The van der Waals surface area contributed by atoms with Crippen molar-refractivity contribution in [1.82, 2.24) is 29.7 Å². The van der Waals surface area contributed by atoms with Gasteiger partial charge in [-0.2, -0.15) is 5.10 Å². The van der Waals surface area contributed by atoms with E-state index in [1.165, 1.54) is 18.7 Å². The number of anilines is 1. The fourth-order valence-electron chi connectivity index (χ4n) is 4.98. The minimum absolute atomic E-state index is 0.0513. The molecule has 2 saturated heterocycles. The minimum atomic E-state index is -3.91. The van der Waals surface area contributed by atoms with E-state index in [0.717, 1.165) is 0 Å². The van der Waals surface area contributed by atoms with Gasteiger partial charge in [0.2, 0.25) is 0 Å². The van der Waals surface area contributed by atoms with Crippen LogP contribution >= 0.6 is 38.1 Å². The smallest absolute Gasteiger partial charge is 0.382 e. The highest BCUT2D eigenvalue weighted by Gasteiger charge is 2.50. The lowest BCUT2D eigenvalue weighted by Gasteiger charge is -2.44. The van der Waals surface area contributed by atoms with E-state index in [-0.39, 0.29) is 43.0 Å².